The topological polar surface area (TPSA) is 80.3 Å². The van der Waals surface area contributed by atoms with Crippen molar-refractivity contribution in [3.05, 3.63) is 0 Å². The van der Waals surface area contributed by atoms with Crippen molar-refractivity contribution < 1.29 is 14.7 Å². The summed E-state index contributed by atoms with van der Waals surface area (Å²) < 4.78 is 11.0. The summed E-state index contributed by atoms with van der Waals surface area (Å²) >= 11 is 0. The van der Waals surface area contributed by atoms with Crippen LogP contribution in [0.5, 0.6) is 0 Å². The van der Waals surface area contributed by atoms with E-state index in [1.165, 1.54) is 0 Å². The number of oxime groups is 1. The smallest absolute Gasteiger partial charge is 0.169 e. The van der Waals surface area contributed by atoms with Gasteiger partial charge in [0.25, 0.3) is 0 Å². The van der Waals surface area contributed by atoms with Gasteiger partial charge in [-0.3, -0.25) is 4.90 Å². The maximum absolute atomic E-state index is 8.61. The number of morpholine rings is 1. The molecule has 0 aromatic heterocycles. The van der Waals surface area contributed by atoms with Crippen molar-refractivity contribution in [2.45, 2.75) is 26.4 Å². The van der Waals surface area contributed by atoms with Gasteiger partial charge in [0, 0.05) is 26.2 Å². The fourth-order valence-electron chi connectivity index (χ4n) is 1.76. The Morgan fingerprint density at radius 2 is 2.33 bits per heavy atom. The standard InChI is InChI=1S/C12H25N3O3/c1-10(2)3-6-17-7-4-15-5-8-18-11(9-15)12(13)14-16/h10-11,16H,3-9H2,1-2H3,(H2,13,14). The lowest BCUT2D eigenvalue weighted by Gasteiger charge is -2.31. The molecule has 0 amide bonds. The zero-order valence-electron chi connectivity index (χ0n) is 11.3. The van der Waals surface area contributed by atoms with Gasteiger partial charge in [-0.05, 0) is 12.3 Å². The van der Waals surface area contributed by atoms with E-state index in [2.05, 4.69) is 23.9 Å². The van der Waals surface area contributed by atoms with Crippen LogP contribution < -0.4 is 5.73 Å². The fraction of sp³-hybridized carbons (Fsp3) is 0.917. The van der Waals surface area contributed by atoms with Crippen LogP contribution in [0.2, 0.25) is 0 Å². The minimum Gasteiger partial charge on any atom is -0.409 e. The van der Waals surface area contributed by atoms with E-state index in [1.54, 1.807) is 0 Å². The molecular weight excluding hydrogens is 234 g/mol. The van der Waals surface area contributed by atoms with Crippen LogP contribution in [0.25, 0.3) is 0 Å². The molecule has 0 aliphatic carbocycles. The number of hydrogen-bond donors (Lipinski definition) is 2. The third kappa shape index (κ3) is 5.66. The molecule has 3 N–H and O–H groups in total. The van der Waals surface area contributed by atoms with Crippen LogP contribution in [0.4, 0.5) is 0 Å². The Labute approximate surface area is 109 Å². The predicted octanol–water partition coefficient (Wildman–Crippen LogP) is 0.496. The van der Waals surface area contributed by atoms with Gasteiger partial charge in [0.05, 0.1) is 13.2 Å². The molecule has 1 rings (SSSR count). The molecule has 0 spiro atoms. The molecule has 0 bridgehead atoms. The van der Waals surface area contributed by atoms with E-state index < -0.39 is 0 Å². The fourth-order valence-corrected chi connectivity index (χ4v) is 1.76. The van der Waals surface area contributed by atoms with Crippen LogP contribution in [-0.2, 0) is 9.47 Å². The Bertz CT molecular complexity index is 259. The molecule has 0 radical (unpaired) electrons. The van der Waals surface area contributed by atoms with Crippen LogP contribution >= 0.6 is 0 Å². The molecule has 0 saturated carbocycles. The molecule has 1 fully saturated rings. The molecule has 1 aliphatic heterocycles. The highest BCUT2D eigenvalue weighted by molar-refractivity contribution is 5.84. The Morgan fingerprint density at radius 1 is 1.56 bits per heavy atom. The quantitative estimate of drug-likeness (QED) is 0.229. The maximum Gasteiger partial charge on any atom is 0.169 e. The lowest BCUT2D eigenvalue weighted by molar-refractivity contribution is -0.00742. The highest BCUT2D eigenvalue weighted by Crippen LogP contribution is 2.05. The Morgan fingerprint density at radius 3 is 3.00 bits per heavy atom. The average Bonchev–Trinajstić information content (AvgIpc) is 2.37. The van der Waals surface area contributed by atoms with Crippen molar-refractivity contribution in [1.82, 2.24) is 4.90 Å². The van der Waals surface area contributed by atoms with Gasteiger partial charge in [-0.1, -0.05) is 19.0 Å². The van der Waals surface area contributed by atoms with Crippen molar-refractivity contribution in [2.75, 3.05) is 39.5 Å². The van der Waals surface area contributed by atoms with Crippen molar-refractivity contribution >= 4 is 5.84 Å². The second kappa shape index (κ2) is 8.29. The molecular formula is C12H25N3O3. The molecule has 1 heterocycles. The molecule has 106 valence electrons. The molecule has 0 aromatic carbocycles. The van der Waals surface area contributed by atoms with Crippen LogP contribution in [0.1, 0.15) is 20.3 Å². The molecule has 18 heavy (non-hydrogen) atoms. The number of nitrogens with two attached hydrogens (primary N) is 1. The summed E-state index contributed by atoms with van der Waals surface area (Å²) in [5.74, 6) is 0.818. The van der Waals surface area contributed by atoms with Gasteiger partial charge in [0.2, 0.25) is 0 Å². The number of amidine groups is 1. The second-order valence-electron chi connectivity index (χ2n) is 4.98. The lowest BCUT2D eigenvalue weighted by Crippen LogP contribution is -2.49. The zero-order valence-corrected chi connectivity index (χ0v) is 11.3. The van der Waals surface area contributed by atoms with Gasteiger partial charge in [-0.2, -0.15) is 0 Å². The van der Waals surface area contributed by atoms with Crippen LogP contribution in [0, 0.1) is 5.92 Å². The van der Waals surface area contributed by atoms with Crippen molar-refractivity contribution in [3.8, 4) is 0 Å². The first kappa shape index (κ1) is 15.2. The van der Waals surface area contributed by atoms with Crippen LogP contribution in [0.3, 0.4) is 0 Å². The average molecular weight is 259 g/mol. The minimum atomic E-state index is -0.306. The molecule has 6 heteroatoms. The van der Waals surface area contributed by atoms with Gasteiger partial charge in [0.1, 0.15) is 6.10 Å². The maximum atomic E-state index is 8.61. The number of rotatable bonds is 7. The molecule has 1 aliphatic rings. The Balaban J connectivity index is 2.14. The van der Waals surface area contributed by atoms with Gasteiger partial charge in [0.15, 0.2) is 5.84 Å². The molecule has 1 unspecified atom stereocenters. The minimum absolute atomic E-state index is 0.139. The first-order valence-electron chi connectivity index (χ1n) is 6.52. The first-order chi connectivity index (χ1) is 8.63. The number of hydrogen-bond acceptors (Lipinski definition) is 5. The van der Waals surface area contributed by atoms with E-state index in [1.807, 2.05) is 0 Å². The van der Waals surface area contributed by atoms with Crippen molar-refractivity contribution in [3.63, 3.8) is 0 Å². The molecule has 6 nitrogen and oxygen atoms in total. The third-order valence-electron chi connectivity index (χ3n) is 2.99. The Hall–Kier alpha value is -0.850. The third-order valence-corrected chi connectivity index (χ3v) is 2.99. The van der Waals surface area contributed by atoms with Gasteiger partial charge in [-0.15, -0.1) is 0 Å². The summed E-state index contributed by atoms with van der Waals surface area (Å²) in [4.78, 5) is 2.21. The highest BCUT2D eigenvalue weighted by Gasteiger charge is 2.23. The summed E-state index contributed by atoms with van der Waals surface area (Å²) in [5, 5.41) is 11.6. The van der Waals surface area contributed by atoms with E-state index >= 15 is 0 Å². The van der Waals surface area contributed by atoms with E-state index in [-0.39, 0.29) is 11.9 Å². The van der Waals surface area contributed by atoms with Gasteiger partial charge >= 0.3 is 0 Å². The molecule has 1 saturated heterocycles. The number of ether oxygens (including phenoxy) is 2. The zero-order chi connectivity index (χ0) is 13.4. The largest absolute Gasteiger partial charge is 0.409 e. The summed E-state index contributed by atoms with van der Waals surface area (Å²) in [6.07, 6.45) is 0.787. The second-order valence-corrected chi connectivity index (χ2v) is 4.98. The van der Waals surface area contributed by atoms with Crippen LogP contribution in [0.15, 0.2) is 5.16 Å². The lowest BCUT2D eigenvalue weighted by atomic mass is 10.1. The Kier molecular flexibility index (Phi) is 7.00. The predicted molar refractivity (Wildman–Crippen MR) is 69.9 cm³/mol. The van der Waals surface area contributed by atoms with E-state index in [0.29, 0.717) is 19.1 Å². The SMILES string of the molecule is CC(C)CCOCCN1CCOC(C(N)=NO)C1. The first-order valence-corrected chi connectivity index (χ1v) is 6.52. The molecule has 1 atom stereocenters. The highest BCUT2D eigenvalue weighted by atomic mass is 16.5. The van der Waals surface area contributed by atoms with Crippen LogP contribution in [-0.4, -0.2) is 61.5 Å². The number of nitrogens with zero attached hydrogens (tertiary/aromatic N) is 2. The monoisotopic (exact) mass is 259 g/mol. The summed E-state index contributed by atoms with van der Waals surface area (Å²) in [6.45, 7) is 8.89. The normalized spacial score (nSPS) is 22.6. The van der Waals surface area contributed by atoms with Crippen molar-refractivity contribution in [1.29, 1.82) is 0 Å². The van der Waals surface area contributed by atoms with Gasteiger partial charge < -0.3 is 20.4 Å². The summed E-state index contributed by atoms with van der Waals surface area (Å²) in [7, 11) is 0. The van der Waals surface area contributed by atoms with Gasteiger partial charge in [-0.25, -0.2) is 0 Å². The molecule has 0 aromatic rings. The summed E-state index contributed by atoms with van der Waals surface area (Å²) in [5.41, 5.74) is 5.54. The van der Waals surface area contributed by atoms with E-state index in [4.69, 9.17) is 20.4 Å². The van der Waals surface area contributed by atoms with E-state index in [9.17, 15) is 0 Å². The summed E-state index contributed by atoms with van der Waals surface area (Å²) in [6, 6.07) is 0. The van der Waals surface area contributed by atoms with E-state index in [0.717, 1.165) is 32.7 Å². The van der Waals surface area contributed by atoms with Crippen molar-refractivity contribution in [2.24, 2.45) is 16.8 Å².